The van der Waals surface area contributed by atoms with Crippen molar-refractivity contribution < 1.29 is 19.8 Å². The van der Waals surface area contributed by atoms with Gasteiger partial charge >= 0.3 is 0 Å². The number of benzene rings is 1. The molecule has 0 aliphatic rings. The van der Waals surface area contributed by atoms with E-state index in [1.54, 1.807) is 37.6 Å². The Kier molecular flexibility index (Phi) is 7.54. The lowest BCUT2D eigenvalue weighted by molar-refractivity contribution is -0.127. The first kappa shape index (κ1) is 19.0. The molecule has 0 bridgehead atoms. The fourth-order valence-corrected chi connectivity index (χ4v) is 2.35. The van der Waals surface area contributed by atoms with Crippen LogP contribution in [0.1, 0.15) is 25.3 Å². The zero-order chi connectivity index (χ0) is 17.4. The van der Waals surface area contributed by atoms with Gasteiger partial charge in [0.2, 0.25) is 11.8 Å². The lowest BCUT2D eigenvalue weighted by Gasteiger charge is -2.21. The van der Waals surface area contributed by atoms with Crippen LogP contribution in [0.2, 0.25) is 0 Å². The zero-order valence-corrected chi connectivity index (χ0v) is 13.5. The van der Waals surface area contributed by atoms with E-state index >= 15 is 0 Å². The van der Waals surface area contributed by atoms with Gasteiger partial charge in [-0.25, -0.2) is 0 Å². The van der Waals surface area contributed by atoms with E-state index in [2.05, 4.69) is 5.32 Å². The summed E-state index contributed by atoms with van der Waals surface area (Å²) in [7, 11) is 1.52. The second-order valence-electron chi connectivity index (χ2n) is 5.76. The summed E-state index contributed by atoms with van der Waals surface area (Å²) in [4.78, 5) is 23.1. The average Bonchev–Trinajstić information content (AvgIpc) is 2.52. The molecule has 6 nitrogen and oxygen atoms in total. The summed E-state index contributed by atoms with van der Waals surface area (Å²) in [6.07, 6.45) is 1.99. The number of aliphatic hydroxyl groups excluding tert-OH is 1. The number of aromatic hydroxyl groups is 1. The van der Waals surface area contributed by atoms with E-state index < -0.39 is 23.8 Å². The first-order valence-electron chi connectivity index (χ1n) is 7.63. The molecular weight excluding hydrogens is 296 g/mol. The van der Waals surface area contributed by atoms with Crippen LogP contribution in [0.4, 0.5) is 0 Å². The second-order valence-corrected chi connectivity index (χ2v) is 5.76. The van der Waals surface area contributed by atoms with Gasteiger partial charge in [-0.2, -0.15) is 0 Å². The van der Waals surface area contributed by atoms with Gasteiger partial charge in [0.15, 0.2) is 0 Å². The fraction of sp³-hybridized carbons (Fsp3) is 0.471. The van der Waals surface area contributed by atoms with Crippen molar-refractivity contribution in [3.05, 3.63) is 36.2 Å². The van der Waals surface area contributed by atoms with Gasteiger partial charge in [-0.15, -0.1) is 0 Å². The van der Waals surface area contributed by atoms with Gasteiger partial charge in [0.1, 0.15) is 5.75 Å². The summed E-state index contributed by atoms with van der Waals surface area (Å²) in [5.74, 6) is -1.39. The maximum Gasteiger partial charge on any atom is 0.222 e. The van der Waals surface area contributed by atoms with Gasteiger partial charge in [0, 0.05) is 18.9 Å². The van der Waals surface area contributed by atoms with E-state index in [-0.39, 0.29) is 18.1 Å². The fourth-order valence-electron chi connectivity index (χ4n) is 2.35. The molecule has 1 radical (unpaired) electrons. The highest BCUT2D eigenvalue weighted by Gasteiger charge is 2.25. The predicted molar refractivity (Wildman–Crippen MR) is 87.3 cm³/mol. The molecule has 0 aliphatic heterocycles. The largest absolute Gasteiger partial charge is 0.508 e. The lowest BCUT2D eigenvalue weighted by atomic mass is 9.88. The van der Waals surface area contributed by atoms with Crippen LogP contribution in [0, 0.1) is 18.3 Å². The van der Waals surface area contributed by atoms with Crippen molar-refractivity contribution in [1.29, 1.82) is 0 Å². The Balaban J connectivity index is 2.55. The predicted octanol–water partition coefficient (Wildman–Crippen LogP) is 0.764. The third kappa shape index (κ3) is 6.69. The molecule has 0 aromatic heterocycles. The molecule has 0 spiro atoms. The van der Waals surface area contributed by atoms with Crippen molar-refractivity contribution in [3.8, 4) is 5.75 Å². The Labute approximate surface area is 136 Å². The van der Waals surface area contributed by atoms with Crippen LogP contribution in [0.5, 0.6) is 5.75 Å². The topological polar surface area (TPSA) is 113 Å². The van der Waals surface area contributed by atoms with E-state index in [0.717, 1.165) is 5.56 Å². The molecule has 3 atom stereocenters. The van der Waals surface area contributed by atoms with Crippen LogP contribution in [-0.2, 0) is 16.0 Å². The van der Waals surface area contributed by atoms with Gasteiger partial charge in [-0.05, 0) is 43.4 Å². The molecule has 0 aliphatic carbocycles. The van der Waals surface area contributed by atoms with Crippen LogP contribution in [-0.4, -0.2) is 35.2 Å². The monoisotopic (exact) mass is 321 g/mol. The van der Waals surface area contributed by atoms with Crippen molar-refractivity contribution in [1.82, 2.24) is 5.32 Å². The van der Waals surface area contributed by atoms with Crippen LogP contribution in [0.3, 0.4) is 0 Å². The first-order valence-corrected chi connectivity index (χ1v) is 7.63. The summed E-state index contributed by atoms with van der Waals surface area (Å²) in [6.45, 7) is 1.67. The van der Waals surface area contributed by atoms with E-state index in [1.807, 2.05) is 0 Å². The van der Waals surface area contributed by atoms with Gasteiger partial charge in [-0.1, -0.05) is 19.1 Å². The Bertz CT molecular complexity index is 516. The first-order chi connectivity index (χ1) is 10.8. The third-order valence-corrected chi connectivity index (χ3v) is 3.83. The summed E-state index contributed by atoms with van der Waals surface area (Å²) in [6, 6.07) is 6.70. The molecule has 6 heteroatoms. The minimum Gasteiger partial charge on any atom is -0.508 e. The Morgan fingerprint density at radius 1 is 1.26 bits per heavy atom. The quantitative estimate of drug-likeness (QED) is 0.538. The number of aliphatic hydroxyl groups is 1. The van der Waals surface area contributed by atoms with E-state index in [1.165, 1.54) is 7.05 Å². The third-order valence-electron chi connectivity index (χ3n) is 3.83. The summed E-state index contributed by atoms with van der Waals surface area (Å²) < 4.78 is 0. The highest BCUT2D eigenvalue weighted by molar-refractivity contribution is 5.80. The second kappa shape index (κ2) is 9.15. The van der Waals surface area contributed by atoms with Crippen LogP contribution in [0.15, 0.2) is 24.3 Å². The van der Waals surface area contributed by atoms with Crippen LogP contribution >= 0.6 is 0 Å². The standard InChI is InChI=1S/C17H25N2O4/c1-11(16(18)22)9-13(17(23)19-2)10-15(21)8-5-12-3-6-14(20)7-4-12/h3-4,6-8,11,13,15,20-21H,5,9-10H2,1-2H3,(H2,18,22)(H,19,23)/t11?,13-,15+/m1/s1. The highest BCUT2D eigenvalue weighted by Crippen LogP contribution is 2.20. The molecule has 2 amide bonds. The number of phenols is 1. The number of phenolic OH excluding ortho intramolecular Hbond substituents is 1. The van der Waals surface area contributed by atoms with Gasteiger partial charge in [0.25, 0.3) is 0 Å². The summed E-state index contributed by atoms with van der Waals surface area (Å²) in [5, 5.41) is 21.9. The molecule has 5 N–H and O–H groups in total. The highest BCUT2D eigenvalue weighted by atomic mass is 16.3. The van der Waals surface area contributed by atoms with Crippen molar-refractivity contribution in [2.75, 3.05) is 7.05 Å². The molecule has 1 aromatic carbocycles. The number of rotatable bonds is 9. The van der Waals surface area contributed by atoms with Crippen molar-refractivity contribution in [3.63, 3.8) is 0 Å². The maximum absolute atomic E-state index is 11.9. The molecule has 23 heavy (non-hydrogen) atoms. The Hall–Kier alpha value is -2.08. The van der Waals surface area contributed by atoms with Crippen LogP contribution < -0.4 is 11.1 Å². The van der Waals surface area contributed by atoms with E-state index in [9.17, 15) is 19.8 Å². The summed E-state index contributed by atoms with van der Waals surface area (Å²) >= 11 is 0. The number of carbonyl (C=O) groups is 2. The minimum atomic E-state index is -0.772. The van der Waals surface area contributed by atoms with Gasteiger partial charge in [0.05, 0.1) is 6.10 Å². The molecule has 0 fully saturated rings. The van der Waals surface area contributed by atoms with E-state index in [0.29, 0.717) is 12.8 Å². The van der Waals surface area contributed by atoms with Gasteiger partial charge < -0.3 is 21.3 Å². The number of hydrogen-bond donors (Lipinski definition) is 4. The Morgan fingerprint density at radius 2 is 1.87 bits per heavy atom. The zero-order valence-electron chi connectivity index (χ0n) is 13.5. The molecule has 0 saturated heterocycles. The molecule has 0 heterocycles. The van der Waals surface area contributed by atoms with Gasteiger partial charge in [-0.3, -0.25) is 9.59 Å². The number of amides is 2. The smallest absolute Gasteiger partial charge is 0.222 e. The SMILES string of the molecule is CNC(=O)[C@H](CC(C)C(N)=O)C[C@@H](O)[CH]Cc1ccc(O)cc1. The van der Waals surface area contributed by atoms with Crippen molar-refractivity contribution in [2.45, 2.75) is 32.3 Å². The summed E-state index contributed by atoms with van der Waals surface area (Å²) in [5.41, 5.74) is 6.19. The average molecular weight is 321 g/mol. The Morgan fingerprint density at radius 3 is 2.39 bits per heavy atom. The normalized spacial score (nSPS) is 14.7. The molecule has 0 saturated carbocycles. The molecular formula is C17H25N2O4. The molecule has 127 valence electrons. The number of primary amides is 1. The van der Waals surface area contributed by atoms with Crippen molar-refractivity contribution in [2.24, 2.45) is 17.6 Å². The number of hydrogen-bond acceptors (Lipinski definition) is 4. The molecule has 1 aromatic rings. The van der Waals surface area contributed by atoms with Crippen molar-refractivity contribution >= 4 is 11.8 Å². The lowest BCUT2D eigenvalue weighted by Crippen LogP contribution is -2.34. The minimum absolute atomic E-state index is 0.189. The maximum atomic E-state index is 11.9. The molecule has 1 unspecified atom stereocenters. The van der Waals surface area contributed by atoms with Crippen LogP contribution in [0.25, 0.3) is 0 Å². The number of nitrogens with two attached hydrogens (primary N) is 1. The van der Waals surface area contributed by atoms with E-state index in [4.69, 9.17) is 5.73 Å². The molecule has 1 rings (SSSR count). The number of carbonyl (C=O) groups excluding carboxylic acids is 2. The number of nitrogens with one attached hydrogen (secondary N) is 1.